The lowest BCUT2D eigenvalue weighted by Gasteiger charge is -2.06. The van der Waals surface area contributed by atoms with Gasteiger partial charge in [-0.05, 0) is 16.8 Å². The summed E-state index contributed by atoms with van der Waals surface area (Å²) >= 11 is 0. The predicted octanol–water partition coefficient (Wildman–Crippen LogP) is 1.51. The summed E-state index contributed by atoms with van der Waals surface area (Å²) in [6.45, 7) is 0. The molecule has 2 aromatic carbocycles. The zero-order valence-corrected chi connectivity index (χ0v) is 8.40. The fraction of sp³-hybridized carbons (Fsp3) is 0. The van der Waals surface area contributed by atoms with Crippen LogP contribution < -0.4 is 11.0 Å². The first-order valence-electron chi connectivity index (χ1n) is 4.20. The van der Waals surface area contributed by atoms with Crippen molar-refractivity contribution in [1.82, 2.24) is 0 Å². The van der Waals surface area contributed by atoms with Crippen LogP contribution in [0.5, 0.6) is 0 Å². The van der Waals surface area contributed by atoms with Crippen molar-refractivity contribution in [3.63, 3.8) is 0 Å². The summed E-state index contributed by atoms with van der Waals surface area (Å²) in [4.78, 5) is 9.17. The maximum atomic E-state index is 11.1. The fourth-order valence-electron chi connectivity index (χ4n) is 1.53. The van der Waals surface area contributed by atoms with E-state index in [4.69, 9.17) is 10.6 Å². The van der Waals surface area contributed by atoms with E-state index in [2.05, 4.69) is 0 Å². The van der Waals surface area contributed by atoms with E-state index in [1.807, 2.05) is 24.3 Å². The Labute approximate surface area is 82.0 Å². The van der Waals surface area contributed by atoms with Gasteiger partial charge in [-0.15, -0.1) is 0 Å². The topological polar surface area (TPSA) is 63.3 Å². The Balaban J connectivity index is 2.90. The number of nitrogens with two attached hydrogens (primary N) is 1. The van der Waals surface area contributed by atoms with E-state index < -0.39 is 8.03 Å². The van der Waals surface area contributed by atoms with Crippen molar-refractivity contribution in [2.24, 2.45) is 0 Å². The van der Waals surface area contributed by atoms with Gasteiger partial charge in [0.05, 0.1) is 5.30 Å². The van der Waals surface area contributed by atoms with Crippen molar-refractivity contribution >= 4 is 29.8 Å². The lowest BCUT2D eigenvalue weighted by atomic mass is 10.1. The van der Waals surface area contributed by atoms with Crippen LogP contribution in [0.2, 0.25) is 0 Å². The minimum Gasteiger partial charge on any atom is -0.398 e. The van der Waals surface area contributed by atoms with Gasteiger partial charge in [-0.3, -0.25) is 4.57 Å². The van der Waals surface area contributed by atoms with Crippen molar-refractivity contribution in [1.29, 1.82) is 0 Å². The number of anilines is 1. The molecule has 0 aromatic heterocycles. The number of nitrogen functional groups attached to an aromatic ring is 1. The van der Waals surface area contributed by atoms with Crippen LogP contribution in [0.1, 0.15) is 0 Å². The molecule has 0 aliphatic rings. The molecule has 14 heavy (non-hydrogen) atoms. The van der Waals surface area contributed by atoms with Crippen molar-refractivity contribution in [2.45, 2.75) is 0 Å². The van der Waals surface area contributed by atoms with Gasteiger partial charge in [-0.1, -0.05) is 30.3 Å². The molecular weight excluding hydrogens is 197 g/mol. The highest BCUT2D eigenvalue weighted by atomic mass is 31.1. The molecule has 0 aliphatic carbocycles. The van der Waals surface area contributed by atoms with E-state index >= 15 is 0 Å². The van der Waals surface area contributed by atoms with Crippen LogP contribution in [-0.4, -0.2) is 4.89 Å². The summed E-state index contributed by atoms with van der Waals surface area (Å²) in [5.41, 5.74) is 6.04. The van der Waals surface area contributed by atoms with Crippen LogP contribution in [0, 0.1) is 0 Å². The van der Waals surface area contributed by atoms with Gasteiger partial charge < -0.3 is 10.6 Å². The average molecular weight is 207 g/mol. The molecule has 0 heterocycles. The molecule has 0 aliphatic heterocycles. The Morgan fingerprint density at radius 3 is 2.57 bits per heavy atom. The maximum absolute atomic E-state index is 11.1. The third kappa shape index (κ3) is 1.41. The van der Waals surface area contributed by atoms with Gasteiger partial charge in [0.2, 0.25) is 8.03 Å². The second-order valence-electron chi connectivity index (χ2n) is 3.06. The van der Waals surface area contributed by atoms with Gasteiger partial charge in [0.1, 0.15) is 0 Å². The zero-order chi connectivity index (χ0) is 10.1. The largest absolute Gasteiger partial charge is 0.398 e. The summed E-state index contributed by atoms with van der Waals surface area (Å²) in [7, 11) is -2.74. The van der Waals surface area contributed by atoms with Crippen molar-refractivity contribution in [3.8, 4) is 0 Å². The van der Waals surface area contributed by atoms with Crippen LogP contribution >= 0.6 is 8.03 Å². The number of rotatable bonds is 1. The van der Waals surface area contributed by atoms with Crippen LogP contribution in [0.25, 0.3) is 10.8 Å². The van der Waals surface area contributed by atoms with E-state index in [0.717, 1.165) is 10.8 Å². The Morgan fingerprint density at radius 2 is 1.86 bits per heavy atom. The van der Waals surface area contributed by atoms with Crippen molar-refractivity contribution in [2.75, 3.05) is 5.73 Å². The molecule has 0 bridgehead atoms. The summed E-state index contributed by atoms with van der Waals surface area (Å²) in [6.07, 6.45) is 0. The van der Waals surface area contributed by atoms with Crippen LogP contribution in [0.15, 0.2) is 36.4 Å². The first kappa shape index (κ1) is 9.25. The molecule has 0 spiro atoms. The van der Waals surface area contributed by atoms with E-state index in [9.17, 15) is 4.57 Å². The van der Waals surface area contributed by atoms with Crippen molar-refractivity contribution in [3.05, 3.63) is 36.4 Å². The van der Waals surface area contributed by atoms with Gasteiger partial charge >= 0.3 is 0 Å². The first-order chi connectivity index (χ1) is 6.70. The second-order valence-corrected chi connectivity index (χ2v) is 4.17. The molecule has 3 N–H and O–H groups in total. The fourth-order valence-corrected chi connectivity index (χ4v) is 2.32. The Morgan fingerprint density at radius 1 is 1.14 bits per heavy atom. The zero-order valence-electron chi connectivity index (χ0n) is 7.40. The normalized spacial score (nSPS) is 12.9. The highest BCUT2D eigenvalue weighted by Crippen LogP contribution is 2.25. The number of hydrogen-bond donors (Lipinski definition) is 2. The molecule has 3 nitrogen and oxygen atoms in total. The molecule has 0 amide bonds. The van der Waals surface area contributed by atoms with Gasteiger partial charge in [0, 0.05) is 5.69 Å². The number of hydrogen-bond acceptors (Lipinski definition) is 2. The van der Waals surface area contributed by atoms with Crippen LogP contribution in [-0.2, 0) is 4.57 Å². The van der Waals surface area contributed by atoms with Gasteiger partial charge in [-0.2, -0.15) is 0 Å². The number of fused-ring (bicyclic) bond motifs is 1. The maximum Gasteiger partial charge on any atom is 0.220 e. The minimum atomic E-state index is -2.74. The Hall–Kier alpha value is -1.31. The summed E-state index contributed by atoms with van der Waals surface area (Å²) < 4.78 is 11.1. The molecular formula is C10H10NO2P. The summed E-state index contributed by atoms with van der Waals surface area (Å²) in [6, 6.07) is 10.9. The van der Waals surface area contributed by atoms with E-state index in [1.54, 1.807) is 12.1 Å². The SMILES string of the molecule is Nc1ccc2ccccc2c1[PH](=O)O. The third-order valence-corrected chi connectivity index (χ3v) is 3.16. The lowest BCUT2D eigenvalue weighted by Crippen LogP contribution is -2.06. The van der Waals surface area contributed by atoms with Gasteiger partial charge in [0.25, 0.3) is 0 Å². The van der Waals surface area contributed by atoms with E-state index in [1.165, 1.54) is 0 Å². The van der Waals surface area contributed by atoms with Crippen LogP contribution in [0.4, 0.5) is 5.69 Å². The standard InChI is InChI=1S/C10H10NO2P/c11-9-6-5-7-3-1-2-4-8(7)10(9)14(12)13/h1-6,14H,11H2,(H,12,13). The first-order valence-corrected chi connectivity index (χ1v) is 5.56. The molecule has 4 heteroatoms. The molecule has 0 fully saturated rings. The predicted molar refractivity (Wildman–Crippen MR) is 59.2 cm³/mol. The van der Waals surface area contributed by atoms with Crippen LogP contribution in [0.3, 0.4) is 0 Å². The molecule has 0 saturated heterocycles. The minimum absolute atomic E-state index is 0.369. The van der Waals surface area contributed by atoms with E-state index in [0.29, 0.717) is 11.0 Å². The third-order valence-electron chi connectivity index (χ3n) is 2.18. The average Bonchev–Trinajstić information content (AvgIpc) is 2.17. The van der Waals surface area contributed by atoms with Crippen molar-refractivity contribution < 1.29 is 9.46 Å². The number of benzene rings is 2. The smallest absolute Gasteiger partial charge is 0.220 e. The summed E-state index contributed by atoms with van der Waals surface area (Å²) in [5, 5.41) is 2.07. The molecule has 2 rings (SSSR count). The van der Waals surface area contributed by atoms with Gasteiger partial charge in [-0.25, -0.2) is 0 Å². The molecule has 72 valence electrons. The highest BCUT2D eigenvalue weighted by Gasteiger charge is 2.08. The molecule has 0 radical (unpaired) electrons. The molecule has 1 atom stereocenters. The lowest BCUT2D eigenvalue weighted by molar-refractivity contribution is 0.514. The Kier molecular flexibility index (Phi) is 2.28. The molecule has 0 saturated carbocycles. The van der Waals surface area contributed by atoms with E-state index in [-0.39, 0.29) is 0 Å². The Bertz CT molecular complexity index is 510. The monoisotopic (exact) mass is 207 g/mol. The highest BCUT2D eigenvalue weighted by molar-refractivity contribution is 7.48. The molecule has 1 unspecified atom stereocenters. The second kappa shape index (κ2) is 3.45. The summed E-state index contributed by atoms with van der Waals surface area (Å²) in [5.74, 6) is 0. The quantitative estimate of drug-likeness (QED) is 0.550. The van der Waals surface area contributed by atoms with Gasteiger partial charge in [0.15, 0.2) is 0 Å². The molecule has 2 aromatic rings.